The first-order chi connectivity index (χ1) is 10.6. The van der Waals surface area contributed by atoms with Gasteiger partial charge in [-0.25, -0.2) is 0 Å². The molecule has 0 spiro atoms. The van der Waals surface area contributed by atoms with Crippen LogP contribution in [0.2, 0.25) is 0 Å². The predicted octanol–water partition coefficient (Wildman–Crippen LogP) is 5.30. The summed E-state index contributed by atoms with van der Waals surface area (Å²) in [6.45, 7) is 1.79. The molecule has 0 atom stereocenters. The maximum Gasteiger partial charge on any atom is 0.317 e. The van der Waals surface area contributed by atoms with E-state index in [1.54, 1.807) is 13.0 Å². The lowest BCUT2D eigenvalue weighted by Crippen LogP contribution is -2.37. The van der Waals surface area contributed by atoms with Crippen molar-refractivity contribution in [3.8, 4) is 0 Å². The van der Waals surface area contributed by atoms with E-state index in [-0.39, 0.29) is 0 Å². The minimum Gasteiger partial charge on any atom is -0.513 e. The summed E-state index contributed by atoms with van der Waals surface area (Å²) in [4.78, 5) is 12.3. The third-order valence-electron chi connectivity index (χ3n) is 5.13. The molecule has 0 amide bonds. The second-order valence-electron chi connectivity index (χ2n) is 6.44. The Labute approximate surface area is 133 Å². The van der Waals surface area contributed by atoms with Crippen LogP contribution in [-0.2, 0) is 4.79 Å². The maximum atomic E-state index is 12.3. The zero-order valence-corrected chi connectivity index (χ0v) is 13.6. The molecule has 0 fully saturated rings. The summed E-state index contributed by atoms with van der Waals surface area (Å²) in [7, 11) is 0. The Balaban J connectivity index is 2.41. The molecule has 0 unspecified atom stereocenters. The molecule has 122 valence electrons. The van der Waals surface area contributed by atoms with Crippen molar-refractivity contribution in [2.45, 2.75) is 71.1 Å². The highest BCUT2D eigenvalue weighted by Crippen LogP contribution is 2.48. The first-order valence-electron chi connectivity index (χ1n) is 8.58. The van der Waals surface area contributed by atoms with E-state index in [2.05, 4.69) is 12.2 Å². The fourth-order valence-electron chi connectivity index (χ4n) is 3.82. The van der Waals surface area contributed by atoms with Crippen LogP contribution in [0.4, 0.5) is 0 Å². The highest BCUT2D eigenvalue weighted by molar-refractivity contribution is 5.83. The second-order valence-corrected chi connectivity index (χ2v) is 6.44. The van der Waals surface area contributed by atoms with Gasteiger partial charge >= 0.3 is 5.97 Å². The van der Waals surface area contributed by atoms with E-state index in [4.69, 9.17) is 0 Å². The van der Waals surface area contributed by atoms with Crippen molar-refractivity contribution < 1.29 is 15.0 Å². The summed E-state index contributed by atoms with van der Waals surface area (Å²) in [5, 5.41) is 20.0. The van der Waals surface area contributed by atoms with E-state index >= 15 is 0 Å². The molecule has 2 aliphatic rings. The number of aliphatic hydroxyl groups excluding tert-OH is 1. The highest BCUT2D eigenvalue weighted by atomic mass is 16.4. The molecule has 2 aliphatic carbocycles. The lowest BCUT2D eigenvalue weighted by atomic mass is 9.65. The van der Waals surface area contributed by atoms with Crippen LogP contribution in [0, 0.1) is 5.41 Å². The zero-order valence-electron chi connectivity index (χ0n) is 13.6. The van der Waals surface area contributed by atoms with Crippen LogP contribution in [0.1, 0.15) is 71.1 Å². The van der Waals surface area contributed by atoms with Crippen molar-refractivity contribution >= 4 is 5.97 Å². The smallest absolute Gasteiger partial charge is 0.317 e. The van der Waals surface area contributed by atoms with Crippen LogP contribution in [0.3, 0.4) is 0 Å². The number of hydrogen-bond acceptors (Lipinski definition) is 2. The molecule has 3 nitrogen and oxygen atoms in total. The normalized spacial score (nSPS) is 20.3. The van der Waals surface area contributed by atoms with Crippen LogP contribution in [0.5, 0.6) is 0 Å². The number of allylic oxidation sites excluding steroid dienone is 4. The second kappa shape index (κ2) is 7.66. The van der Waals surface area contributed by atoms with Gasteiger partial charge in [-0.05, 0) is 70.8 Å². The number of aliphatic hydroxyl groups is 1. The van der Waals surface area contributed by atoms with Crippen molar-refractivity contribution in [2.75, 3.05) is 0 Å². The number of hydrogen-bond donors (Lipinski definition) is 2. The fraction of sp³-hybridized carbons (Fsp3) is 0.632. The van der Waals surface area contributed by atoms with E-state index in [0.29, 0.717) is 18.6 Å². The number of carboxylic acids is 1. The Bertz CT molecular complexity index is 471. The summed E-state index contributed by atoms with van der Waals surface area (Å²) < 4.78 is 0. The molecule has 2 N–H and O–H groups in total. The number of aliphatic carboxylic acids is 1. The Kier molecular flexibility index (Phi) is 5.87. The van der Waals surface area contributed by atoms with E-state index < -0.39 is 11.4 Å². The molecular formula is C19H28O3. The van der Waals surface area contributed by atoms with Gasteiger partial charge in [-0.2, -0.15) is 0 Å². The van der Waals surface area contributed by atoms with E-state index in [9.17, 15) is 15.0 Å². The first kappa shape index (κ1) is 16.9. The highest BCUT2D eigenvalue weighted by Gasteiger charge is 2.45. The van der Waals surface area contributed by atoms with Gasteiger partial charge in [-0.1, -0.05) is 23.3 Å². The van der Waals surface area contributed by atoms with Gasteiger partial charge in [0.2, 0.25) is 0 Å². The molecule has 2 rings (SSSR count). The molecule has 0 aromatic carbocycles. The molecule has 3 heteroatoms. The summed E-state index contributed by atoms with van der Waals surface area (Å²) >= 11 is 0. The average molecular weight is 304 g/mol. The van der Waals surface area contributed by atoms with E-state index in [0.717, 1.165) is 62.5 Å². The SMILES string of the molecule is CC=C(O)CCC(C(=O)O)(C1=CCCCC1)C1=CCCCC1. The van der Waals surface area contributed by atoms with Gasteiger partial charge in [0, 0.05) is 6.42 Å². The molecule has 0 aliphatic heterocycles. The van der Waals surface area contributed by atoms with Crippen LogP contribution in [0.15, 0.2) is 35.1 Å². The average Bonchev–Trinajstić information content (AvgIpc) is 2.57. The molecule has 0 heterocycles. The zero-order chi connectivity index (χ0) is 16.0. The van der Waals surface area contributed by atoms with Crippen LogP contribution in [-0.4, -0.2) is 16.2 Å². The van der Waals surface area contributed by atoms with Crippen LogP contribution in [0.25, 0.3) is 0 Å². The van der Waals surface area contributed by atoms with Crippen LogP contribution < -0.4 is 0 Å². The maximum absolute atomic E-state index is 12.3. The number of carbonyl (C=O) groups is 1. The van der Waals surface area contributed by atoms with Gasteiger partial charge in [-0.3, -0.25) is 4.79 Å². The quantitative estimate of drug-likeness (QED) is 0.517. The lowest BCUT2D eigenvalue weighted by molar-refractivity contribution is -0.145. The predicted molar refractivity (Wildman–Crippen MR) is 88.8 cm³/mol. The molecule has 0 aromatic rings. The topological polar surface area (TPSA) is 57.5 Å². The number of carboxylic acid groups (broad SMARTS) is 1. The fourth-order valence-corrected chi connectivity index (χ4v) is 3.82. The summed E-state index contributed by atoms with van der Waals surface area (Å²) in [6.07, 6.45) is 15.0. The van der Waals surface area contributed by atoms with Crippen LogP contribution >= 0.6 is 0 Å². The van der Waals surface area contributed by atoms with Gasteiger partial charge in [0.15, 0.2) is 0 Å². The molecule has 0 aromatic heterocycles. The Morgan fingerprint density at radius 2 is 1.64 bits per heavy atom. The third kappa shape index (κ3) is 3.45. The monoisotopic (exact) mass is 304 g/mol. The molecule has 0 bridgehead atoms. The van der Waals surface area contributed by atoms with Gasteiger partial charge < -0.3 is 10.2 Å². The van der Waals surface area contributed by atoms with Crippen molar-refractivity contribution in [1.29, 1.82) is 0 Å². The Hall–Kier alpha value is -1.51. The van der Waals surface area contributed by atoms with Gasteiger partial charge in [0.1, 0.15) is 5.41 Å². The van der Waals surface area contributed by atoms with E-state index in [1.807, 2.05) is 0 Å². The first-order valence-corrected chi connectivity index (χ1v) is 8.58. The standard InChI is InChI=1S/C19H28O3/c1-2-17(20)13-14-19(18(21)22,15-9-5-3-6-10-15)16-11-7-4-8-12-16/h2,9,11,20H,3-8,10,12-14H2,1H3,(H,21,22). The van der Waals surface area contributed by atoms with E-state index in [1.165, 1.54) is 0 Å². The van der Waals surface area contributed by atoms with Crippen molar-refractivity contribution in [1.82, 2.24) is 0 Å². The minimum atomic E-state index is -0.891. The molecule has 22 heavy (non-hydrogen) atoms. The molecule has 0 radical (unpaired) electrons. The summed E-state index contributed by atoms with van der Waals surface area (Å²) in [5.74, 6) is -0.448. The summed E-state index contributed by atoms with van der Waals surface area (Å²) in [6, 6.07) is 0. The van der Waals surface area contributed by atoms with Gasteiger partial charge in [-0.15, -0.1) is 0 Å². The Morgan fingerprint density at radius 1 is 1.09 bits per heavy atom. The molecular weight excluding hydrogens is 276 g/mol. The number of rotatable bonds is 6. The molecule has 0 saturated carbocycles. The minimum absolute atomic E-state index is 0.290. The Morgan fingerprint density at radius 3 is 2.00 bits per heavy atom. The van der Waals surface area contributed by atoms with Gasteiger partial charge in [0.25, 0.3) is 0 Å². The summed E-state index contributed by atoms with van der Waals surface area (Å²) in [5.41, 5.74) is 1.25. The third-order valence-corrected chi connectivity index (χ3v) is 5.13. The van der Waals surface area contributed by atoms with Crippen molar-refractivity contribution in [3.63, 3.8) is 0 Å². The lowest BCUT2D eigenvalue weighted by Gasteiger charge is -2.38. The molecule has 0 saturated heterocycles. The largest absolute Gasteiger partial charge is 0.513 e. The van der Waals surface area contributed by atoms with Gasteiger partial charge in [0.05, 0.1) is 5.76 Å². The van der Waals surface area contributed by atoms with Crippen molar-refractivity contribution in [3.05, 3.63) is 35.1 Å². The van der Waals surface area contributed by atoms with Crippen molar-refractivity contribution in [2.24, 2.45) is 5.41 Å².